The molecule has 0 aliphatic carbocycles. The number of hydrogen-bond acceptors (Lipinski definition) is 4. The van der Waals surface area contributed by atoms with E-state index in [1.807, 2.05) is 19.2 Å². The third-order valence-corrected chi connectivity index (χ3v) is 4.33. The van der Waals surface area contributed by atoms with Crippen LogP contribution in [0.2, 0.25) is 0 Å². The lowest BCUT2D eigenvalue weighted by atomic mass is 9.83. The number of rotatable bonds is 2. The second-order valence-corrected chi connectivity index (χ2v) is 5.84. The summed E-state index contributed by atoms with van der Waals surface area (Å²) in [6.07, 6.45) is 1.78. The van der Waals surface area contributed by atoms with Crippen LogP contribution in [0.15, 0.2) is 39.6 Å². The summed E-state index contributed by atoms with van der Waals surface area (Å²) in [5.41, 5.74) is 2.43. The van der Waals surface area contributed by atoms with Gasteiger partial charge in [0.2, 0.25) is 5.43 Å². The van der Waals surface area contributed by atoms with E-state index in [4.69, 9.17) is 4.74 Å². The number of anilines is 1. The fraction of sp³-hybridized carbons (Fsp3) is 0.294. The number of ether oxygens (including phenoxy) is 1. The van der Waals surface area contributed by atoms with Crippen molar-refractivity contribution in [1.82, 2.24) is 0 Å². The molecule has 0 amide bonds. The summed E-state index contributed by atoms with van der Waals surface area (Å²) in [7, 11) is 3.38. The highest BCUT2D eigenvalue weighted by Gasteiger charge is 2.39. The maximum atomic E-state index is 11.8. The Morgan fingerprint density at radius 1 is 1.14 bits per heavy atom. The fourth-order valence-corrected chi connectivity index (χ4v) is 3.12. The SMILES string of the molecule is COc1c(/C=C2/N(C)c3ccccc3C2(C)C)c(=O)c1=O. The first-order chi connectivity index (χ1) is 9.89. The van der Waals surface area contributed by atoms with Crippen LogP contribution in [0.3, 0.4) is 0 Å². The molecule has 0 unspecified atom stereocenters. The van der Waals surface area contributed by atoms with E-state index in [-0.39, 0.29) is 11.2 Å². The van der Waals surface area contributed by atoms with Gasteiger partial charge in [-0.25, -0.2) is 0 Å². The molecule has 4 nitrogen and oxygen atoms in total. The van der Waals surface area contributed by atoms with Crippen molar-refractivity contribution in [3.05, 3.63) is 61.5 Å². The summed E-state index contributed by atoms with van der Waals surface area (Å²) in [6.45, 7) is 4.22. The summed E-state index contributed by atoms with van der Waals surface area (Å²) in [5.74, 6) is 0.160. The van der Waals surface area contributed by atoms with Crippen molar-refractivity contribution in [3.63, 3.8) is 0 Å². The van der Waals surface area contributed by atoms with E-state index in [1.165, 1.54) is 12.7 Å². The lowest BCUT2D eigenvalue weighted by molar-refractivity contribution is 0.404. The molecule has 0 radical (unpaired) electrons. The Bertz CT molecular complexity index is 823. The molecule has 3 rings (SSSR count). The van der Waals surface area contributed by atoms with Crippen LogP contribution in [0.5, 0.6) is 5.75 Å². The van der Waals surface area contributed by atoms with Crippen LogP contribution in [-0.2, 0) is 5.41 Å². The molecule has 0 saturated carbocycles. The van der Waals surface area contributed by atoms with Gasteiger partial charge in [-0.3, -0.25) is 9.59 Å². The van der Waals surface area contributed by atoms with Crippen LogP contribution in [0.4, 0.5) is 5.69 Å². The smallest absolute Gasteiger partial charge is 0.268 e. The molecule has 2 aromatic carbocycles. The lowest BCUT2D eigenvalue weighted by Crippen LogP contribution is -2.35. The fourth-order valence-electron chi connectivity index (χ4n) is 3.12. The topological polar surface area (TPSA) is 46.6 Å². The first-order valence-electron chi connectivity index (χ1n) is 6.82. The molecule has 0 N–H and O–H groups in total. The molecule has 1 aliphatic heterocycles. The molecule has 1 aliphatic rings. The second-order valence-electron chi connectivity index (χ2n) is 5.84. The van der Waals surface area contributed by atoms with Gasteiger partial charge in [0.15, 0.2) is 5.75 Å². The van der Waals surface area contributed by atoms with Gasteiger partial charge >= 0.3 is 0 Å². The van der Waals surface area contributed by atoms with Crippen molar-refractivity contribution in [2.75, 3.05) is 19.1 Å². The minimum Gasteiger partial charge on any atom is -0.492 e. The minimum atomic E-state index is -0.541. The molecular weight excluding hydrogens is 266 g/mol. The highest BCUT2D eigenvalue weighted by molar-refractivity contribution is 5.77. The maximum Gasteiger partial charge on any atom is 0.268 e. The summed E-state index contributed by atoms with van der Waals surface area (Å²) < 4.78 is 5.02. The molecule has 0 bridgehead atoms. The maximum absolute atomic E-state index is 11.8. The van der Waals surface area contributed by atoms with Crippen molar-refractivity contribution in [3.8, 4) is 5.75 Å². The number of likely N-dealkylation sites (N-methyl/N-ethyl adjacent to an activating group) is 1. The van der Waals surface area contributed by atoms with Gasteiger partial charge in [0, 0.05) is 23.8 Å². The molecule has 0 spiro atoms. The summed E-state index contributed by atoms with van der Waals surface area (Å²) in [4.78, 5) is 25.3. The van der Waals surface area contributed by atoms with Crippen LogP contribution in [0.25, 0.3) is 6.08 Å². The van der Waals surface area contributed by atoms with E-state index in [0.717, 1.165) is 11.4 Å². The Morgan fingerprint density at radius 2 is 1.81 bits per heavy atom. The standard InChI is InChI=1S/C17H17NO3/c1-17(2)11-7-5-6-8-12(11)18(3)13(17)9-10-14(19)15(20)16(10)21-4/h5-9H,1-4H3/b13-9+. The van der Waals surface area contributed by atoms with Gasteiger partial charge < -0.3 is 9.64 Å². The molecule has 0 fully saturated rings. The van der Waals surface area contributed by atoms with Crippen molar-refractivity contribution in [1.29, 1.82) is 0 Å². The predicted octanol–water partition coefficient (Wildman–Crippen LogP) is 2.06. The first-order valence-corrected chi connectivity index (χ1v) is 6.82. The number of allylic oxidation sites excluding steroid dienone is 1. The zero-order valence-electron chi connectivity index (χ0n) is 12.6. The molecule has 108 valence electrons. The average Bonchev–Trinajstić information content (AvgIpc) is 2.67. The predicted molar refractivity (Wildman–Crippen MR) is 83.8 cm³/mol. The summed E-state index contributed by atoms with van der Waals surface area (Å²) in [5, 5.41) is 0. The van der Waals surface area contributed by atoms with Crippen LogP contribution < -0.4 is 20.5 Å². The number of methoxy groups -OCH3 is 1. The Kier molecular flexibility index (Phi) is 2.80. The van der Waals surface area contributed by atoms with E-state index in [1.54, 1.807) is 6.08 Å². The highest BCUT2D eigenvalue weighted by Crippen LogP contribution is 2.47. The van der Waals surface area contributed by atoms with E-state index in [0.29, 0.717) is 5.56 Å². The normalized spacial score (nSPS) is 18.3. The van der Waals surface area contributed by atoms with Crippen LogP contribution >= 0.6 is 0 Å². The molecule has 21 heavy (non-hydrogen) atoms. The number of hydrogen-bond donors (Lipinski definition) is 0. The van der Waals surface area contributed by atoms with E-state index >= 15 is 0 Å². The van der Waals surface area contributed by atoms with E-state index in [2.05, 4.69) is 30.9 Å². The van der Waals surface area contributed by atoms with E-state index < -0.39 is 10.9 Å². The van der Waals surface area contributed by atoms with Gasteiger partial charge in [-0.15, -0.1) is 0 Å². The highest BCUT2D eigenvalue weighted by atomic mass is 16.5. The van der Waals surface area contributed by atoms with Crippen molar-refractivity contribution in [2.45, 2.75) is 19.3 Å². The molecule has 1 heterocycles. The second kappa shape index (κ2) is 4.32. The number of para-hydroxylation sites is 1. The van der Waals surface area contributed by atoms with Gasteiger partial charge in [0.25, 0.3) is 5.43 Å². The zero-order valence-corrected chi connectivity index (χ0v) is 12.6. The Morgan fingerprint density at radius 3 is 2.43 bits per heavy atom. The number of fused-ring (bicyclic) bond motifs is 1. The summed E-state index contributed by atoms with van der Waals surface area (Å²) in [6, 6.07) is 8.14. The van der Waals surface area contributed by atoms with Gasteiger partial charge in [0.1, 0.15) is 0 Å². The van der Waals surface area contributed by atoms with Crippen LogP contribution in [-0.4, -0.2) is 14.2 Å². The van der Waals surface area contributed by atoms with Crippen molar-refractivity contribution < 1.29 is 4.74 Å². The Hall–Kier alpha value is -2.36. The molecule has 2 aromatic rings. The monoisotopic (exact) mass is 283 g/mol. The first kappa shape index (κ1) is 13.6. The van der Waals surface area contributed by atoms with E-state index in [9.17, 15) is 9.59 Å². The largest absolute Gasteiger partial charge is 0.492 e. The van der Waals surface area contributed by atoms with Crippen molar-refractivity contribution in [2.24, 2.45) is 0 Å². The van der Waals surface area contributed by atoms with Crippen molar-refractivity contribution >= 4 is 11.8 Å². The number of benzene rings is 1. The molecule has 4 heteroatoms. The van der Waals surface area contributed by atoms with Crippen LogP contribution in [0.1, 0.15) is 25.0 Å². The quantitative estimate of drug-likeness (QED) is 0.792. The van der Waals surface area contributed by atoms with Gasteiger partial charge in [-0.1, -0.05) is 32.0 Å². The van der Waals surface area contributed by atoms with Gasteiger partial charge in [-0.2, -0.15) is 0 Å². The van der Waals surface area contributed by atoms with Gasteiger partial charge in [0.05, 0.1) is 12.7 Å². The molecule has 0 saturated heterocycles. The summed E-state index contributed by atoms with van der Waals surface area (Å²) >= 11 is 0. The average molecular weight is 283 g/mol. The van der Waals surface area contributed by atoms with Gasteiger partial charge in [-0.05, 0) is 17.7 Å². The third-order valence-electron chi connectivity index (χ3n) is 4.33. The molecular formula is C17H17NO3. The molecule has 0 aromatic heterocycles. The Balaban J connectivity index is 2.17. The zero-order chi connectivity index (χ0) is 15.4. The Labute approximate surface area is 123 Å². The minimum absolute atomic E-state index is 0.160. The van der Waals surface area contributed by atoms with Crippen LogP contribution in [0, 0.1) is 0 Å². The lowest BCUT2D eigenvalue weighted by Gasteiger charge is -2.24. The molecule has 0 atom stereocenters. The third kappa shape index (κ3) is 1.68. The number of nitrogens with zero attached hydrogens (tertiary/aromatic N) is 1.